The number of hydrogen-bond acceptors (Lipinski definition) is 2. The van der Waals surface area contributed by atoms with Crippen molar-refractivity contribution in [1.29, 1.82) is 0 Å². The fourth-order valence-corrected chi connectivity index (χ4v) is 6.87. The van der Waals surface area contributed by atoms with E-state index in [2.05, 4.69) is 29.5 Å². The van der Waals surface area contributed by atoms with Crippen molar-refractivity contribution in [2.75, 3.05) is 6.61 Å². The lowest BCUT2D eigenvalue weighted by molar-refractivity contribution is 0.340. The highest BCUT2D eigenvalue weighted by atomic mass is 127. The molecule has 0 aliphatic rings. The maximum atomic E-state index is 14.1. The predicted molar refractivity (Wildman–Crippen MR) is 103 cm³/mol. The van der Waals surface area contributed by atoms with Gasteiger partial charge in [0.05, 0.1) is 6.61 Å². The van der Waals surface area contributed by atoms with Gasteiger partial charge in [-0.05, 0) is 29.0 Å². The van der Waals surface area contributed by atoms with E-state index in [1.54, 1.807) is 0 Å². The summed E-state index contributed by atoms with van der Waals surface area (Å²) >= 11 is 2.13. The van der Waals surface area contributed by atoms with Gasteiger partial charge in [-0.2, -0.15) is 0 Å². The van der Waals surface area contributed by atoms with E-state index in [-0.39, 0.29) is 6.61 Å². The Balaban J connectivity index is 2.74. The van der Waals surface area contributed by atoms with Crippen molar-refractivity contribution in [3.8, 4) is 0 Å². The minimum absolute atomic E-state index is 0.0699. The van der Waals surface area contributed by atoms with Gasteiger partial charge in [0, 0.05) is 19.5 Å². The van der Waals surface area contributed by atoms with E-state index in [4.69, 9.17) is 0 Å². The summed E-state index contributed by atoms with van der Waals surface area (Å²) in [4.78, 5) is 0. The fourth-order valence-electron chi connectivity index (χ4n) is 2.53. The highest BCUT2D eigenvalue weighted by Crippen LogP contribution is 2.55. The summed E-state index contributed by atoms with van der Waals surface area (Å²) in [7, 11) is -2.91. The summed E-state index contributed by atoms with van der Waals surface area (Å²) in [6.07, 6.45) is 1.62. The van der Waals surface area contributed by atoms with Crippen LogP contribution in [0.25, 0.3) is 0 Å². The molecule has 0 bridgehead atoms. The Morgan fingerprint density at radius 1 is 1.00 bits per heavy atom. The van der Waals surface area contributed by atoms with E-state index in [1.807, 2.05) is 60.7 Å². The third-order valence-electron chi connectivity index (χ3n) is 3.56. The molecule has 0 saturated heterocycles. The van der Waals surface area contributed by atoms with E-state index < -0.39 is 7.14 Å². The first-order valence-electron chi connectivity index (χ1n) is 7.34. The number of halogens is 1. The second-order valence-electron chi connectivity index (χ2n) is 5.04. The maximum Gasteiger partial charge on any atom is 0.167 e. The van der Waals surface area contributed by atoms with Gasteiger partial charge in [0.25, 0.3) is 0 Å². The van der Waals surface area contributed by atoms with Crippen LogP contribution in [0, 0.1) is 0 Å². The molecule has 2 nitrogen and oxygen atoms in total. The zero-order chi connectivity index (χ0) is 16.0. The van der Waals surface area contributed by atoms with E-state index in [0.29, 0.717) is 0 Å². The molecule has 0 aliphatic carbocycles. The lowest BCUT2D eigenvalue weighted by Gasteiger charge is -2.24. The van der Waals surface area contributed by atoms with Crippen LogP contribution < -0.4 is 10.6 Å². The molecular formula is C18H20IO2P. The summed E-state index contributed by atoms with van der Waals surface area (Å²) < 4.78 is 14.9. The first-order chi connectivity index (χ1) is 10.6. The van der Waals surface area contributed by atoms with Crippen LogP contribution >= 0.6 is 29.7 Å². The number of allylic oxidation sites excluding steroid dienone is 1. The molecule has 0 amide bonds. The Kier molecular flexibility index (Phi) is 6.42. The summed E-state index contributed by atoms with van der Waals surface area (Å²) in [6.45, 7) is 2.00. The van der Waals surface area contributed by atoms with Gasteiger partial charge in [-0.15, -0.1) is 0 Å². The molecule has 1 N–H and O–H groups in total. The molecule has 0 saturated carbocycles. The summed E-state index contributed by atoms with van der Waals surface area (Å²) in [5.41, 5.74) is 0. The second kappa shape index (κ2) is 8.09. The summed E-state index contributed by atoms with van der Waals surface area (Å²) in [5, 5.41) is 12.1. The Morgan fingerprint density at radius 2 is 1.45 bits per heavy atom. The Bertz CT molecular complexity index is 637. The standard InChI is InChI=1S/C18H20IO2P/c1-2-9-18(17(19)14-20)22(21,15-10-5-3-6-11-15)16-12-7-4-8-13-16/h3-8,10-13,20H,2,9,14H2,1H3/b18-17+. The van der Waals surface area contributed by atoms with Crippen LogP contribution in [0.3, 0.4) is 0 Å². The van der Waals surface area contributed by atoms with Crippen molar-refractivity contribution in [3.63, 3.8) is 0 Å². The molecule has 0 aromatic heterocycles. The number of aliphatic hydroxyl groups is 1. The third-order valence-corrected chi connectivity index (χ3v) is 8.28. The second-order valence-corrected chi connectivity index (χ2v) is 9.13. The Hall–Kier alpha value is -0.900. The van der Waals surface area contributed by atoms with E-state index in [1.165, 1.54) is 0 Å². The van der Waals surface area contributed by atoms with Crippen LogP contribution in [0.4, 0.5) is 0 Å². The molecule has 0 heterocycles. The van der Waals surface area contributed by atoms with Crippen molar-refractivity contribution in [1.82, 2.24) is 0 Å². The van der Waals surface area contributed by atoms with Crippen molar-refractivity contribution in [3.05, 3.63) is 69.6 Å². The van der Waals surface area contributed by atoms with E-state index >= 15 is 0 Å². The fraction of sp³-hybridized carbons (Fsp3) is 0.222. The van der Waals surface area contributed by atoms with Crippen LogP contribution in [0.2, 0.25) is 0 Å². The van der Waals surface area contributed by atoms with Crippen LogP contribution in [0.15, 0.2) is 69.6 Å². The largest absolute Gasteiger partial charge is 0.391 e. The molecular weight excluding hydrogens is 406 g/mol. The molecule has 0 radical (unpaired) electrons. The van der Waals surface area contributed by atoms with Crippen LogP contribution in [-0.4, -0.2) is 11.7 Å². The topological polar surface area (TPSA) is 37.3 Å². The molecule has 22 heavy (non-hydrogen) atoms. The Labute approximate surface area is 145 Å². The molecule has 2 aromatic carbocycles. The minimum Gasteiger partial charge on any atom is -0.391 e. The van der Waals surface area contributed by atoms with Gasteiger partial charge in [-0.25, -0.2) is 0 Å². The van der Waals surface area contributed by atoms with Gasteiger partial charge < -0.3 is 9.67 Å². The van der Waals surface area contributed by atoms with Gasteiger partial charge >= 0.3 is 0 Å². The minimum atomic E-state index is -2.91. The zero-order valence-corrected chi connectivity index (χ0v) is 15.6. The lowest BCUT2D eigenvalue weighted by Crippen LogP contribution is -2.18. The molecule has 116 valence electrons. The van der Waals surface area contributed by atoms with Gasteiger partial charge in [-0.3, -0.25) is 0 Å². The van der Waals surface area contributed by atoms with Crippen LogP contribution in [0.5, 0.6) is 0 Å². The molecule has 0 unspecified atom stereocenters. The quantitative estimate of drug-likeness (QED) is 0.548. The van der Waals surface area contributed by atoms with Crippen LogP contribution in [-0.2, 0) is 4.57 Å². The molecule has 4 heteroatoms. The molecule has 0 spiro atoms. The predicted octanol–water partition coefficient (Wildman–Crippen LogP) is 4.44. The lowest BCUT2D eigenvalue weighted by atomic mass is 10.3. The zero-order valence-electron chi connectivity index (χ0n) is 12.6. The highest BCUT2D eigenvalue weighted by Gasteiger charge is 2.32. The average molecular weight is 426 g/mol. The SMILES string of the molecule is CCC/C(=C(\I)CO)P(=O)(c1ccccc1)c1ccccc1. The number of benzene rings is 2. The highest BCUT2D eigenvalue weighted by molar-refractivity contribution is 14.1. The maximum absolute atomic E-state index is 14.1. The van der Waals surface area contributed by atoms with Gasteiger partial charge in [-0.1, -0.05) is 74.0 Å². The van der Waals surface area contributed by atoms with E-state index in [0.717, 1.165) is 32.3 Å². The third kappa shape index (κ3) is 3.53. The first-order valence-corrected chi connectivity index (χ1v) is 10.1. The molecule has 0 atom stereocenters. The molecule has 2 aromatic rings. The number of rotatable bonds is 6. The van der Waals surface area contributed by atoms with Gasteiger partial charge in [0.1, 0.15) is 0 Å². The molecule has 2 rings (SSSR count). The monoisotopic (exact) mass is 426 g/mol. The average Bonchev–Trinajstić information content (AvgIpc) is 2.60. The van der Waals surface area contributed by atoms with E-state index in [9.17, 15) is 9.67 Å². The van der Waals surface area contributed by atoms with Gasteiger partial charge in [0.15, 0.2) is 7.14 Å². The van der Waals surface area contributed by atoms with Crippen molar-refractivity contribution < 1.29 is 9.67 Å². The molecule has 0 aliphatic heterocycles. The smallest absolute Gasteiger partial charge is 0.167 e. The van der Waals surface area contributed by atoms with Crippen molar-refractivity contribution in [2.24, 2.45) is 0 Å². The van der Waals surface area contributed by atoms with Gasteiger partial charge in [0.2, 0.25) is 0 Å². The summed E-state index contributed by atoms with van der Waals surface area (Å²) in [5.74, 6) is 0. The number of hydrogen-bond donors (Lipinski definition) is 1. The number of aliphatic hydroxyl groups excluding tert-OH is 1. The Morgan fingerprint density at radius 3 is 1.82 bits per heavy atom. The normalized spacial score (nSPS) is 12.9. The first kappa shape index (κ1) is 17.5. The van der Waals surface area contributed by atoms with Crippen molar-refractivity contribution in [2.45, 2.75) is 19.8 Å². The van der Waals surface area contributed by atoms with Crippen molar-refractivity contribution >= 4 is 40.3 Å². The van der Waals surface area contributed by atoms with Crippen LogP contribution in [0.1, 0.15) is 19.8 Å². The molecule has 0 fully saturated rings. The summed E-state index contributed by atoms with van der Waals surface area (Å²) in [6, 6.07) is 19.2.